The summed E-state index contributed by atoms with van der Waals surface area (Å²) in [5.41, 5.74) is 1.40. The topological polar surface area (TPSA) is 29.1 Å². The van der Waals surface area contributed by atoms with Gasteiger partial charge in [-0.2, -0.15) is 0 Å². The molecule has 0 fully saturated rings. The Balaban J connectivity index is 2.30. The lowest BCUT2D eigenvalue weighted by Gasteiger charge is -2.11. The van der Waals surface area contributed by atoms with E-state index in [-0.39, 0.29) is 5.91 Å². The number of benzene rings is 2. The monoisotopic (exact) mass is 735 g/mol. The van der Waals surface area contributed by atoms with Gasteiger partial charge in [0.2, 0.25) is 0 Å². The second-order valence-electron chi connectivity index (χ2n) is 3.83. The van der Waals surface area contributed by atoms with Crippen molar-refractivity contribution in [3.8, 4) is 0 Å². The number of hydrogen-bond donors (Lipinski definition) is 1. The Morgan fingerprint density at radius 1 is 0.950 bits per heavy atom. The molecule has 0 spiro atoms. The summed E-state index contributed by atoms with van der Waals surface area (Å²) in [6.07, 6.45) is 0. The number of halogens is 5. The zero-order chi connectivity index (χ0) is 14.9. The van der Waals surface area contributed by atoms with Crippen LogP contribution in [0, 0.1) is 14.3 Å². The minimum absolute atomic E-state index is 0.152. The molecule has 104 valence electrons. The molecule has 2 rings (SSSR count). The van der Waals surface area contributed by atoms with Crippen LogP contribution in [0.3, 0.4) is 0 Å². The van der Waals surface area contributed by atoms with Crippen LogP contribution in [-0.4, -0.2) is 5.91 Å². The molecule has 0 heterocycles. The van der Waals surface area contributed by atoms with Crippen LogP contribution < -0.4 is 5.32 Å². The smallest absolute Gasteiger partial charge is 0.255 e. The van der Waals surface area contributed by atoms with Crippen LogP contribution in [0.2, 0.25) is 5.02 Å². The van der Waals surface area contributed by atoms with E-state index in [1.54, 1.807) is 12.1 Å². The standard InChI is InChI=1S/C13H6ClI4NO/c14-8-3-6(1-2-9(8)16)13(20)19-12-10(17)4-7(15)5-11(12)18/h1-5H,(H,19,20). The van der Waals surface area contributed by atoms with Gasteiger partial charge >= 0.3 is 0 Å². The van der Waals surface area contributed by atoms with E-state index in [0.717, 1.165) is 20.0 Å². The molecule has 0 aliphatic carbocycles. The Morgan fingerprint density at radius 2 is 1.55 bits per heavy atom. The summed E-state index contributed by atoms with van der Waals surface area (Å²) in [6.45, 7) is 0. The van der Waals surface area contributed by atoms with Crippen molar-refractivity contribution in [2.75, 3.05) is 5.32 Å². The quantitative estimate of drug-likeness (QED) is 0.377. The van der Waals surface area contributed by atoms with Crippen molar-refractivity contribution in [1.29, 1.82) is 0 Å². The lowest BCUT2D eigenvalue weighted by Crippen LogP contribution is -2.14. The van der Waals surface area contributed by atoms with Crippen molar-refractivity contribution in [3.63, 3.8) is 0 Å². The Morgan fingerprint density at radius 3 is 2.10 bits per heavy atom. The SMILES string of the molecule is O=C(Nc1c(I)cc(I)cc1I)c1ccc(I)c(Cl)c1. The molecule has 0 unspecified atom stereocenters. The number of nitrogens with one attached hydrogen (secondary N) is 1. The van der Waals surface area contributed by atoms with Gasteiger partial charge in [0.1, 0.15) is 0 Å². The van der Waals surface area contributed by atoms with E-state index in [2.05, 4.69) is 95.7 Å². The average molecular weight is 735 g/mol. The van der Waals surface area contributed by atoms with Crippen molar-refractivity contribution < 1.29 is 4.79 Å². The minimum Gasteiger partial charge on any atom is -0.320 e. The maximum absolute atomic E-state index is 12.3. The first kappa shape index (κ1) is 17.5. The molecular formula is C13H6ClI4NO. The molecular weight excluding hydrogens is 729 g/mol. The van der Waals surface area contributed by atoms with Gasteiger partial charge in [-0.1, -0.05) is 11.6 Å². The first-order chi connectivity index (χ1) is 9.38. The maximum atomic E-state index is 12.3. The van der Waals surface area contributed by atoms with E-state index in [4.69, 9.17) is 11.6 Å². The normalized spacial score (nSPS) is 10.4. The first-order valence-electron chi connectivity index (χ1n) is 5.29. The van der Waals surface area contributed by atoms with Gasteiger partial charge in [0.25, 0.3) is 5.91 Å². The third kappa shape index (κ3) is 4.32. The molecule has 1 N–H and O–H groups in total. The Kier molecular flexibility index (Phi) is 6.64. The van der Waals surface area contributed by atoms with Crippen molar-refractivity contribution in [2.45, 2.75) is 0 Å². The van der Waals surface area contributed by atoms with E-state index in [1.807, 2.05) is 18.2 Å². The van der Waals surface area contributed by atoms with Crippen molar-refractivity contribution in [2.24, 2.45) is 0 Å². The molecule has 0 saturated heterocycles. The summed E-state index contributed by atoms with van der Waals surface area (Å²) in [6, 6.07) is 9.35. The third-order valence-electron chi connectivity index (χ3n) is 2.43. The highest BCUT2D eigenvalue weighted by Crippen LogP contribution is 2.28. The van der Waals surface area contributed by atoms with Crippen LogP contribution in [0.15, 0.2) is 30.3 Å². The fourth-order valence-electron chi connectivity index (χ4n) is 1.48. The second-order valence-corrected chi connectivity index (χ2v) is 8.97. The first-order valence-corrected chi connectivity index (χ1v) is 9.98. The molecule has 0 aliphatic heterocycles. The highest BCUT2D eigenvalue weighted by Gasteiger charge is 2.13. The van der Waals surface area contributed by atoms with E-state index in [9.17, 15) is 4.79 Å². The molecule has 0 aliphatic rings. The summed E-state index contributed by atoms with van der Waals surface area (Å²) >= 11 is 14.9. The molecule has 2 aromatic rings. The number of carbonyl (C=O) groups is 1. The van der Waals surface area contributed by atoms with Gasteiger partial charge in [-0.3, -0.25) is 4.79 Å². The Bertz CT molecular complexity index is 667. The molecule has 2 nitrogen and oxygen atoms in total. The fourth-order valence-corrected chi connectivity index (χ4v) is 5.85. The summed E-state index contributed by atoms with van der Waals surface area (Å²) in [7, 11) is 0. The number of rotatable bonds is 2. The van der Waals surface area contributed by atoms with Gasteiger partial charge in [-0.05, 0) is 121 Å². The second kappa shape index (κ2) is 7.59. The lowest BCUT2D eigenvalue weighted by atomic mass is 10.2. The summed E-state index contributed by atoms with van der Waals surface area (Å²) in [5.74, 6) is -0.152. The highest BCUT2D eigenvalue weighted by molar-refractivity contribution is 14.1. The van der Waals surface area contributed by atoms with E-state index >= 15 is 0 Å². The molecule has 2 aromatic carbocycles. The molecule has 0 saturated carbocycles. The molecule has 0 bridgehead atoms. The highest BCUT2D eigenvalue weighted by atomic mass is 127. The van der Waals surface area contributed by atoms with Crippen molar-refractivity contribution in [3.05, 3.63) is 55.2 Å². The predicted molar refractivity (Wildman–Crippen MR) is 117 cm³/mol. The Hall–Kier alpha value is 1.12. The van der Waals surface area contributed by atoms with E-state index < -0.39 is 0 Å². The summed E-state index contributed by atoms with van der Waals surface area (Å²) in [4.78, 5) is 12.3. The summed E-state index contributed by atoms with van der Waals surface area (Å²) < 4.78 is 4.11. The lowest BCUT2D eigenvalue weighted by molar-refractivity contribution is 0.102. The van der Waals surface area contributed by atoms with Gasteiger partial charge < -0.3 is 5.32 Å². The molecule has 0 aromatic heterocycles. The van der Waals surface area contributed by atoms with Gasteiger partial charge in [-0.15, -0.1) is 0 Å². The Labute approximate surface area is 176 Å². The van der Waals surface area contributed by atoms with Gasteiger partial charge in [0, 0.05) is 19.8 Å². The molecule has 1 amide bonds. The number of hydrogen-bond acceptors (Lipinski definition) is 1. The summed E-state index contributed by atoms with van der Waals surface area (Å²) in [5, 5.41) is 3.54. The fraction of sp³-hybridized carbons (Fsp3) is 0. The van der Waals surface area contributed by atoms with Gasteiger partial charge in [0.05, 0.1) is 10.7 Å². The van der Waals surface area contributed by atoms with Crippen LogP contribution in [0.25, 0.3) is 0 Å². The number of carbonyl (C=O) groups excluding carboxylic acids is 1. The van der Waals surface area contributed by atoms with Gasteiger partial charge in [0.15, 0.2) is 0 Å². The van der Waals surface area contributed by atoms with Crippen molar-refractivity contribution >= 4 is 114 Å². The van der Waals surface area contributed by atoms with Crippen molar-refractivity contribution in [1.82, 2.24) is 0 Å². The third-order valence-corrected chi connectivity index (χ3v) is 6.32. The van der Waals surface area contributed by atoms with Crippen LogP contribution in [0.1, 0.15) is 10.4 Å². The van der Waals surface area contributed by atoms with Gasteiger partial charge in [-0.25, -0.2) is 0 Å². The van der Waals surface area contributed by atoms with Crippen LogP contribution in [0.4, 0.5) is 5.69 Å². The van der Waals surface area contributed by atoms with E-state index in [0.29, 0.717) is 10.6 Å². The molecule has 0 radical (unpaired) electrons. The maximum Gasteiger partial charge on any atom is 0.255 e. The molecule has 0 atom stereocenters. The minimum atomic E-state index is -0.152. The zero-order valence-corrected chi connectivity index (χ0v) is 19.1. The average Bonchev–Trinajstić information content (AvgIpc) is 2.36. The number of amides is 1. The molecule has 20 heavy (non-hydrogen) atoms. The zero-order valence-electron chi connectivity index (χ0n) is 9.68. The van der Waals surface area contributed by atoms with E-state index in [1.165, 1.54) is 0 Å². The predicted octanol–water partition coefficient (Wildman–Crippen LogP) is 6.01. The van der Waals surface area contributed by atoms with Crippen LogP contribution in [-0.2, 0) is 0 Å². The number of anilines is 1. The van der Waals surface area contributed by atoms with Crippen LogP contribution in [0.5, 0.6) is 0 Å². The largest absolute Gasteiger partial charge is 0.320 e. The molecule has 7 heteroatoms. The van der Waals surface area contributed by atoms with Crippen LogP contribution >= 0.6 is 102 Å².